The zero-order valence-electron chi connectivity index (χ0n) is 42.8. The molecular formula is C58H64N8O8. The molecule has 74 heavy (non-hydrogen) atoms. The van der Waals surface area contributed by atoms with Gasteiger partial charge in [-0.25, -0.2) is 19.6 Å². The van der Waals surface area contributed by atoms with Gasteiger partial charge in [0.25, 0.3) is 0 Å². The van der Waals surface area contributed by atoms with Crippen LogP contribution in [0, 0.1) is 22.7 Å². The Morgan fingerprint density at radius 1 is 0.608 bits per heavy atom. The van der Waals surface area contributed by atoms with E-state index in [0.29, 0.717) is 73.3 Å². The lowest BCUT2D eigenvalue weighted by Gasteiger charge is -2.34. The maximum absolute atomic E-state index is 12.9. The number of aromatic hydroxyl groups is 2. The van der Waals surface area contributed by atoms with Crippen LogP contribution in [0.15, 0.2) is 109 Å². The summed E-state index contributed by atoms with van der Waals surface area (Å²) >= 11 is 0. The molecule has 2 aromatic heterocycles. The Morgan fingerprint density at radius 3 is 1.39 bits per heavy atom. The molecule has 2 fully saturated rings. The predicted molar refractivity (Wildman–Crippen MR) is 282 cm³/mol. The largest absolute Gasteiger partial charge is 0.507 e. The number of anilines is 2. The molecule has 2 amide bonds. The first-order chi connectivity index (χ1) is 35.3. The summed E-state index contributed by atoms with van der Waals surface area (Å²) < 4.78 is 23.8. The number of aromatic nitrogens is 2. The lowest BCUT2D eigenvalue weighted by Crippen LogP contribution is -2.42. The predicted octanol–water partition coefficient (Wildman–Crippen LogP) is 11.2. The monoisotopic (exact) mass is 1000 g/mol. The Bertz CT molecular complexity index is 2950. The van der Waals surface area contributed by atoms with Crippen LogP contribution in [0.5, 0.6) is 23.0 Å². The molecular weight excluding hydrogens is 937 g/mol. The van der Waals surface area contributed by atoms with Crippen LogP contribution in [0.2, 0.25) is 0 Å². The molecule has 2 unspecified atom stereocenters. The minimum Gasteiger partial charge on any atom is -0.507 e. The van der Waals surface area contributed by atoms with Crippen LogP contribution in [0.1, 0.15) is 112 Å². The van der Waals surface area contributed by atoms with Crippen molar-refractivity contribution in [3.05, 3.63) is 143 Å². The van der Waals surface area contributed by atoms with E-state index in [4.69, 9.17) is 35.4 Å². The SMILES string of the molecule is CC(C)(C)OC(=O)N1CCCC(c2cc(-c3c(O)cccc3O)nc(N)c2C#N)C1.CC(C)(C)OC(=O)N1CCCC(c2cc(-c3c(OCc4ccccc4)cccc3OCc3ccccc3)nc(N)c2C#N)C1. The number of phenolic OH excluding ortho intramolecular Hbond substituents is 2. The number of piperidine rings is 2. The van der Waals surface area contributed by atoms with Crippen LogP contribution in [-0.4, -0.2) is 79.5 Å². The minimum absolute atomic E-state index is 0.0158. The number of benzene rings is 4. The Labute approximate surface area is 432 Å². The van der Waals surface area contributed by atoms with Gasteiger partial charge in [-0.05, 0) is 126 Å². The van der Waals surface area contributed by atoms with Gasteiger partial charge in [0.05, 0.1) is 33.6 Å². The number of amides is 2. The highest BCUT2D eigenvalue weighted by Crippen LogP contribution is 2.43. The number of pyridine rings is 2. The molecule has 4 aromatic carbocycles. The Balaban J connectivity index is 0.000000233. The molecule has 0 bridgehead atoms. The zero-order chi connectivity index (χ0) is 53.2. The topological polar surface area (TPSA) is 243 Å². The van der Waals surface area contributed by atoms with Gasteiger partial charge in [0.15, 0.2) is 0 Å². The molecule has 8 rings (SSSR count). The van der Waals surface area contributed by atoms with E-state index >= 15 is 0 Å². The summed E-state index contributed by atoms with van der Waals surface area (Å²) in [6.45, 7) is 13.6. The number of carbonyl (C=O) groups is 2. The van der Waals surface area contributed by atoms with Crippen LogP contribution in [0.25, 0.3) is 22.5 Å². The first-order valence-corrected chi connectivity index (χ1v) is 24.7. The number of carbonyl (C=O) groups excluding carboxylic acids is 2. The molecule has 0 saturated carbocycles. The number of hydrogen-bond donors (Lipinski definition) is 4. The van der Waals surface area contributed by atoms with Crippen molar-refractivity contribution in [1.29, 1.82) is 10.5 Å². The normalized spacial score (nSPS) is 15.6. The summed E-state index contributed by atoms with van der Waals surface area (Å²) in [5.41, 5.74) is 16.9. The van der Waals surface area contributed by atoms with Crippen molar-refractivity contribution in [2.24, 2.45) is 0 Å². The van der Waals surface area contributed by atoms with Crippen LogP contribution in [-0.2, 0) is 22.7 Å². The van der Waals surface area contributed by atoms with Crippen molar-refractivity contribution < 1.29 is 38.7 Å². The maximum atomic E-state index is 12.9. The molecule has 2 aliphatic heterocycles. The smallest absolute Gasteiger partial charge is 0.410 e. The molecule has 2 aliphatic rings. The second-order valence-corrected chi connectivity index (χ2v) is 20.3. The summed E-state index contributed by atoms with van der Waals surface area (Å²) in [7, 11) is 0. The molecule has 0 radical (unpaired) electrons. The standard InChI is InChI=1S/C36H38N4O4.C22H26N4O4/c1-36(2,3)44-35(41)40-19-11-16-27(22-40)28-20-30(39-34(38)29(28)21-37)33-31(42-23-25-12-6-4-7-13-25)17-10-18-32(33)43-24-26-14-8-5-9-15-26;1-22(2,3)30-21(29)26-9-5-6-13(12-26)14-10-16(25-20(24)15(14)11-23)19-17(27)7-4-8-18(19)28/h4-10,12-15,17-18,20,27H,11,16,19,22-24H2,1-3H3,(H2,38,39);4,7-8,10,13,27-28H,5-6,9,12H2,1-3H3,(H2,24,25). The quantitative estimate of drug-likeness (QED) is 0.0998. The fourth-order valence-corrected chi connectivity index (χ4v) is 9.03. The zero-order valence-corrected chi connectivity index (χ0v) is 42.8. The van der Waals surface area contributed by atoms with E-state index in [-0.39, 0.29) is 57.9 Å². The minimum atomic E-state index is -0.601. The van der Waals surface area contributed by atoms with Gasteiger partial charge in [-0.3, -0.25) is 0 Å². The number of phenols is 2. The third kappa shape index (κ3) is 13.5. The van der Waals surface area contributed by atoms with Crippen molar-refractivity contribution in [3.8, 4) is 57.7 Å². The second kappa shape index (κ2) is 23.4. The highest BCUT2D eigenvalue weighted by Gasteiger charge is 2.33. The lowest BCUT2D eigenvalue weighted by atomic mass is 9.87. The third-order valence-corrected chi connectivity index (χ3v) is 12.4. The summed E-state index contributed by atoms with van der Waals surface area (Å²) in [5.74, 6) is 0.748. The summed E-state index contributed by atoms with van der Waals surface area (Å²) in [6, 6.07) is 37.8. The number of nitrogens with two attached hydrogens (primary N) is 2. The van der Waals surface area contributed by atoms with Crippen molar-refractivity contribution in [3.63, 3.8) is 0 Å². The Kier molecular flexibility index (Phi) is 16.8. The lowest BCUT2D eigenvalue weighted by molar-refractivity contribution is 0.0188. The van der Waals surface area contributed by atoms with E-state index in [1.165, 1.54) is 18.2 Å². The molecule has 4 heterocycles. The summed E-state index contributed by atoms with van der Waals surface area (Å²) in [5, 5.41) is 40.2. The van der Waals surface area contributed by atoms with Gasteiger partial charge in [-0.1, -0.05) is 72.8 Å². The highest BCUT2D eigenvalue weighted by molar-refractivity contribution is 5.78. The molecule has 2 atom stereocenters. The number of hydrogen-bond acceptors (Lipinski definition) is 14. The van der Waals surface area contributed by atoms with Gasteiger partial charge in [0, 0.05) is 38.0 Å². The van der Waals surface area contributed by atoms with Crippen molar-refractivity contribution >= 4 is 23.8 Å². The van der Waals surface area contributed by atoms with Gasteiger partial charge < -0.3 is 50.4 Å². The van der Waals surface area contributed by atoms with Gasteiger partial charge >= 0.3 is 12.2 Å². The van der Waals surface area contributed by atoms with Crippen LogP contribution in [0.3, 0.4) is 0 Å². The van der Waals surface area contributed by atoms with E-state index in [0.717, 1.165) is 42.4 Å². The van der Waals surface area contributed by atoms with Crippen molar-refractivity contribution in [2.75, 3.05) is 37.6 Å². The van der Waals surface area contributed by atoms with E-state index in [1.54, 1.807) is 15.9 Å². The number of nitrogen functional groups attached to an aromatic ring is 2. The first kappa shape index (κ1) is 53.3. The highest BCUT2D eigenvalue weighted by atomic mass is 16.6. The van der Waals surface area contributed by atoms with Crippen LogP contribution < -0.4 is 20.9 Å². The molecule has 0 spiro atoms. The second-order valence-electron chi connectivity index (χ2n) is 20.3. The number of ether oxygens (including phenoxy) is 4. The summed E-state index contributed by atoms with van der Waals surface area (Å²) in [6.07, 6.45) is 2.30. The number of nitrogens with zero attached hydrogens (tertiary/aromatic N) is 6. The molecule has 0 aliphatic carbocycles. The molecule has 16 nitrogen and oxygen atoms in total. The van der Waals surface area contributed by atoms with E-state index < -0.39 is 17.3 Å². The van der Waals surface area contributed by atoms with Gasteiger partial charge in [-0.2, -0.15) is 10.5 Å². The number of nitriles is 2. The third-order valence-electron chi connectivity index (χ3n) is 12.4. The van der Waals surface area contributed by atoms with Crippen LogP contribution in [0.4, 0.5) is 21.2 Å². The molecule has 16 heteroatoms. The van der Waals surface area contributed by atoms with Gasteiger partial charge in [0.1, 0.15) is 71.2 Å². The number of likely N-dealkylation sites (tertiary alicyclic amines) is 2. The Morgan fingerprint density at radius 2 is 1.00 bits per heavy atom. The molecule has 6 aromatic rings. The fourth-order valence-electron chi connectivity index (χ4n) is 9.03. The fraction of sp³-hybridized carbons (Fsp3) is 0.345. The average molecular weight is 1000 g/mol. The van der Waals surface area contributed by atoms with E-state index in [1.807, 2.05) is 126 Å². The molecule has 2 saturated heterocycles. The van der Waals surface area contributed by atoms with E-state index in [2.05, 4.69) is 17.1 Å². The van der Waals surface area contributed by atoms with Crippen LogP contribution >= 0.6 is 0 Å². The molecule has 6 N–H and O–H groups in total. The number of rotatable bonds is 10. The van der Waals surface area contributed by atoms with Crippen molar-refractivity contribution in [1.82, 2.24) is 19.8 Å². The average Bonchev–Trinajstić information content (AvgIpc) is 3.37. The molecule has 384 valence electrons. The van der Waals surface area contributed by atoms with E-state index in [9.17, 15) is 30.3 Å². The Hall–Kier alpha value is -8.50. The van der Waals surface area contributed by atoms with Crippen molar-refractivity contribution in [2.45, 2.75) is 103 Å². The first-order valence-electron chi connectivity index (χ1n) is 24.7. The maximum Gasteiger partial charge on any atom is 0.410 e. The van der Waals surface area contributed by atoms with Gasteiger partial charge in [0.2, 0.25) is 0 Å². The summed E-state index contributed by atoms with van der Waals surface area (Å²) in [4.78, 5) is 37.7. The van der Waals surface area contributed by atoms with Gasteiger partial charge in [-0.15, -0.1) is 0 Å².